The van der Waals surface area contributed by atoms with Gasteiger partial charge in [0, 0.05) is 23.9 Å². The molecule has 17 heavy (non-hydrogen) atoms. The molecule has 0 amide bonds. The number of aliphatic imine (C=N–C) groups is 1. The van der Waals surface area contributed by atoms with Gasteiger partial charge in [-0.05, 0) is 18.3 Å². The Morgan fingerprint density at radius 3 is 2.76 bits per heavy atom. The average molecular weight is 269 g/mol. The van der Waals surface area contributed by atoms with E-state index in [2.05, 4.69) is 29.1 Å². The fourth-order valence-corrected chi connectivity index (χ4v) is 3.66. The molecule has 3 nitrogen and oxygen atoms in total. The van der Waals surface area contributed by atoms with Crippen molar-refractivity contribution in [2.45, 2.75) is 33.2 Å². The van der Waals surface area contributed by atoms with Crippen molar-refractivity contribution in [2.24, 2.45) is 10.4 Å². The van der Waals surface area contributed by atoms with Gasteiger partial charge in [0.2, 0.25) is 0 Å². The summed E-state index contributed by atoms with van der Waals surface area (Å²) in [5, 5.41) is 7.58. The minimum absolute atomic E-state index is 0.428. The topological polar surface area (TPSA) is 37.3 Å². The predicted octanol–water partition coefficient (Wildman–Crippen LogP) is 3.14. The van der Waals surface area contributed by atoms with Gasteiger partial charge in [-0.15, -0.1) is 11.3 Å². The molecule has 0 spiro atoms. The van der Waals surface area contributed by atoms with Gasteiger partial charge in [-0.2, -0.15) is 0 Å². The number of aromatic nitrogens is 1. The van der Waals surface area contributed by atoms with Crippen molar-refractivity contribution in [1.29, 1.82) is 0 Å². The van der Waals surface area contributed by atoms with Crippen molar-refractivity contribution in [3.8, 4) is 0 Å². The Morgan fingerprint density at radius 2 is 2.24 bits per heavy atom. The predicted molar refractivity (Wildman–Crippen MR) is 76.7 cm³/mol. The summed E-state index contributed by atoms with van der Waals surface area (Å²) < 4.78 is 0. The van der Waals surface area contributed by atoms with E-state index < -0.39 is 0 Å². The van der Waals surface area contributed by atoms with Gasteiger partial charge in [-0.3, -0.25) is 4.99 Å². The Labute approximate surface area is 111 Å². The largest absolute Gasteiger partial charge is 0.358 e. The van der Waals surface area contributed by atoms with E-state index in [1.807, 2.05) is 23.3 Å². The number of thiazole rings is 1. The molecule has 1 aromatic heterocycles. The molecule has 0 radical (unpaired) electrons. The lowest BCUT2D eigenvalue weighted by atomic mass is 9.84. The van der Waals surface area contributed by atoms with Crippen LogP contribution in [-0.4, -0.2) is 22.4 Å². The van der Waals surface area contributed by atoms with E-state index in [1.54, 1.807) is 11.3 Å². The molecule has 0 atom stereocenters. The Balaban J connectivity index is 1.86. The molecular weight excluding hydrogens is 250 g/mol. The van der Waals surface area contributed by atoms with Crippen LogP contribution in [0.25, 0.3) is 0 Å². The molecule has 1 N–H and O–H groups in total. The molecule has 0 aliphatic carbocycles. The summed E-state index contributed by atoms with van der Waals surface area (Å²) in [7, 11) is 0. The summed E-state index contributed by atoms with van der Waals surface area (Å²) in [5.41, 5.74) is 0.428. The number of hydrogen-bond acceptors (Lipinski definition) is 5. The molecule has 0 bridgehead atoms. The van der Waals surface area contributed by atoms with E-state index in [-0.39, 0.29) is 0 Å². The minimum atomic E-state index is 0.428. The third kappa shape index (κ3) is 3.22. The molecule has 5 heteroatoms. The zero-order valence-corrected chi connectivity index (χ0v) is 12.0. The quantitative estimate of drug-likeness (QED) is 0.912. The summed E-state index contributed by atoms with van der Waals surface area (Å²) in [6, 6.07) is 0. The van der Waals surface area contributed by atoms with Gasteiger partial charge < -0.3 is 5.32 Å². The highest BCUT2D eigenvalue weighted by atomic mass is 32.2. The van der Waals surface area contributed by atoms with Crippen molar-refractivity contribution in [3.05, 3.63) is 16.6 Å². The van der Waals surface area contributed by atoms with Crippen LogP contribution in [0, 0.1) is 5.41 Å². The minimum Gasteiger partial charge on any atom is -0.358 e. The van der Waals surface area contributed by atoms with Crippen molar-refractivity contribution in [2.75, 3.05) is 12.3 Å². The van der Waals surface area contributed by atoms with E-state index in [0.29, 0.717) is 5.41 Å². The van der Waals surface area contributed by atoms with Crippen LogP contribution in [0.4, 0.5) is 0 Å². The molecule has 0 saturated heterocycles. The standard InChI is InChI=1S/C12H19N3S2/c1-3-12(4-2)8-15-11(17-9-12)14-7-10-13-5-6-16-10/h5-6H,3-4,7-9H2,1-2H3,(H,14,15). The number of nitrogens with zero attached hydrogens (tertiary/aromatic N) is 2. The van der Waals surface area contributed by atoms with Gasteiger partial charge in [-0.25, -0.2) is 4.98 Å². The summed E-state index contributed by atoms with van der Waals surface area (Å²) in [5.74, 6) is 1.18. The molecule has 0 unspecified atom stereocenters. The molecular formula is C12H19N3S2. The van der Waals surface area contributed by atoms with Gasteiger partial charge in [0.1, 0.15) is 5.01 Å². The van der Waals surface area contributed by atoms with Crippen LogP contribution >= 0.6 is 23.1 Å². The third-order valence-corrected chi connectivity index (χ3v) is 5.53. The highest BCUT2D eigenvalue weighted by molar-refractivity contribution is 8.13. The number of nitrogens with one attached hydrogen (secondary N) is 1. The molecule has 1 aliphatic rings. The molecule has 1 aromatic rings. The van der Waals surface area contributed by atoms with Crippen LogP contribution in [0.15, 0.2) is 16.6 Å². The van der Waals surface area contributed by atoms with E-state index in [1.165, 1.54) is 18.6 Å². The molecule has 1 aliphatic heterocycles. The van der Waals surface area contributed by atoms with E-state index in [0.717, 1.165) is 23.3 Å². The fourth-order valence-electron chi connectivity index (χ4n) is 1.83. The van der Waals surface area contributed by atoms with Crippen LogP contribution in [0.3, 0.4) is 0 Å². The summed E-state index contributed by atoms with van der Waals surface area (Å²) in [4.78, 5) is 8.92. The highest BCUT2D eigenvalue weighted by Crippen LogP contribution is 2.34. The molecule has 0 aromatic carbocycles. The van der Waals surface area contributed by atoms with E-state index in [4.69, 9.17) is 0 Å². The first-order valence-corrected chi connectivity index (χ1v) is 7.94. The summed E-state index contributed by atoms with van der Waals surface area (Å²) >= 11 is 3.54. The molecule has 0 fully saturated rings. The first kappa shape index (κ1) is 12.9. The lowest BCUT2D eigenvalue weighted by molar-refractivity contribution is 0.318. The van der Waals surface area contributed by atoms with Gasteiger partial charge in [0.05, 0.1) is 6.54 Å². The Morgan fingerprint density at radius 1 is 1.41 bits per heavy atom. The van der Waals surface area contributed by atoms with Crippen molar-refractivity contribution < 1.29 is 0 Å². The average Bonchev–Trinajstić information content (AvgIpc) is 2.90. The first-order chi connectivity index (χ1) is 8.28. The number of rotatable bonds is 4. The van der Waals surface area contributed by atoms with Crippen LogP contribution in [0.5, 0.6) is 0 Å². The Bertz CT molecular complexity index is 369. The maximum atomic E-state index is 4.67. The van der Waals surface area contributed by atoms with Gasteiger partial charge in [-0.1, -0.05) is 25.6 Å². The van der Waals surface area contributed by atoms with Crippen LogP contribution < -0.4 is 5.32 Å². The van der Waals surface area contributed by atoms with E-state index >= 15 is 0 Å². The van der Waals surface area contributed by atoms with Crippen LogP contribution in [0.2, 0.25) is 0 Å². The van der Waals surface area contributed by atoms with Gasteiger partial charge in [0.15, 0.2) is 5.17 Å². The molecule has 2 heterocycles. The highest BCUT2D eigenvalue weighted by Gasteiger charge is 2.29. The number of hydrogen-bond donors (Lipinski definition) is 1. The maximum absolute atomic E-state index is 4.67. The normalized spacial score (nSPS) is 18.8. The Hall–Kier alpha value is -0.550. The monoisotopic (exact) mass is 269 g/mol. The molecule has 2 rings (SSSR count). The molecule has 94 valence electrons. The fraction of sp³-hybridized carbons (Fsp3) is 0.667. The summed E-state index contributed by atoms with van der Waals surface area (Å²) in [6.45, 7) is 6.31. The smallest absolute Gasteiger partial charge is 0.156 e. The molecule has 0 saturated carbocycles. The zero-order chi connectivity index (χ0) is 12.1. The SMILES string of the molecule is CCC1(CC)CN=C(NCc2nccs2)SC1. The lowest BCUT2D eigenvalue weighted by Gasteiger charge is -2.33. The maximum Gasteiger partial charge on any atom is 0.156 e. The van der Waals surface area contributed by atoms with E-state index in [9.17, 15) is 0 Å². The number of thioether (sulfide) groups is 1. The second-order valence-electron chi connectivity index (χ2n) is 4.40. The van der Waals surface area contributed by atoms with Crippen molar-refractivity contribution in [1.82, 2.24) is 10.3 Å². The third-order valence-electron chi connectivity index (χ3n) is 3.45. The second-order valence-corrected chi connectivity index (χ2v) is 6.34. The van der Waals surface area contributed by atoms with Gasteiger partial charge in [0.25, 0.3) is 0 Å². The number of amidine groups is 1. The Kier molecular flexibility index (Phi) is 4.45. The first-order valence-electron chi connectivity index (χ1n) is 6.07. The van der Waals surface area contributed by atoms with Crippen molar-refractivity contribution >= 4 is 28.3 Å². The lowest BCUT2D eigenvalue weighted by Crippen LogP contribution is -2.34. The van der Waals surface area contributed by atoms with Gasteiger partial charge >= 0.3 is 0 Å². The summed E-state index contributed by atoms with van der Waals surface area (Å²) in [6.07, 6.45) is 4.29. The second kappa shape index (κ2) is 5.87. The van der Waals surface area contributed by atoms with Crippen LogP contribution in [0.1, 0.15) is 31.7 Å². The zero-order valence-electron chi connectivity index (χ0n) is 10.4. The van der Waals surface area contributed by atoms with Crippen LogP contribution in [-0.2, 0) is 6.54 Å². The van der Waals surface area contributed by atoms with Crippen molar-refractivity contribution in [3.63, 3.8) is 0 Å².